The first kappa shape index (κ1) is 15.8. The summed E-state index contributed by atoms with van der Waals surface area (Å²) in [6.45, 7) is 7.26. The van der Waals surface area contributed by atoms with Crippen molar-refractivity contribution in [3.63, 3.8) is 0 Å². The van der Waals surface area contributed by atoms with Crippen LogP contribution in [0.1, 0.15) is 31.7 Å². The van der Waals surface area contributed by atoms with Gasteiger partial charge in [-0.1, -0.05) is 25.1 Å². The van der Waals surface area contributed by atoms with Gasteiger partial charge in [-0.25, -0.2) is 4.79 Å². The third-order valence-corrected chi connectivity index (χ3v) is 2.93. The monoisotopic (exact) mass is 276 g/mol. The fourth-order valence-electron chi connectivity index (χ4n) is 1.71. The van der Waals surface area contributed by atoms with E-state index < -0.39 is 5.97 Å². The number of hydrogen-bond donors (Lipinski definition) is 3. The highest BCUT2D eigenvalue weighted by molar-refractivity contribution is 5.89. The van der Waals surface area contributed by atoms with Crippen molar-refractivity contribution in [2.75, 3.05) is 5.32 Å². The molecule has 5 nitrogen and oxygen atoms in total. The molecule has 2 unspecified atom stereocenters. The van der Waals surface area contributed by atoms with E-state index in [1.165, 1.54) is 0 Å². The van der Waals surface area contributed by atoms with Gasteiger partial charge < -0.3 is 15.7 Å². The van der Waals surface area contributed by atoms with Crippen molar-refractivity contribution in [3.05, 3.63) is 42.5 Å². The SMILES string of the molecule is C=CC(C)NC(=O)Nc1ccc(C(C)CC(=O)O)cc1. The maximum absolute atomic E-state index is 11.6. The molecule has 1 aromatic rings. The van der Waals surface area contributed by atoms with Crippen LogP contribution in [0.15, 0.2) is 36.9 Å². The van der Waals surface area contributed by atoms with Gasteiger partial charge in [0.25, 0.3) is 0 Å². The molecule has 0 saturated carbocycles. The molecule has 0 heterocycles. The summed E-state index contributed by atoms with van der Waals surface area (Å²) >= 11 is 0. The topological polar surface area (TPSA) is 78.4 Å². The molecule has 2 amide bonds. The summed E-state index contributed by atoms with van der Waals surface area (Å²) < 4.78 is 0. The smallest absolute Gasteiger partial charge is 0.319 e. The summed E-state index contributed by atoms with van der Waals surface area (Å²) in [7, 11) is 0. The first-order chi connectivity index (χ1) is 9.42. The Labute approximate surface area is 118 Å². The van der Waals surface area contributed by atoms with Crippen LogP contribution >= 0.6 is 0 Å². The molecule has 5 heteroatoms. The third-order valence-electron chi connectivity index (χ3n) is 2.93. The van der Waals surface area contributed by atoms with Gasteiger partial charge in [-0.3, -0.25) is 4.79 Å². The number of carbonyl (C=O) groups excluding carboxylic acids is 1. The lowest BCUT2D eigenvalue weighted by Gasteiger charge is -2.12. The Morgan fingerprint density at radius 2 is 1.90 bits per heavy atom. The van der Waals surface area contributed by atoms with Crippen molar-refractivity contribution in [2.24, 2.45) is 0 Å². The molecule has 0 bridgehead atoms. The first-order valence-corrected chi connectivity index (χ1v) is 6.44. The number of carbonyl (C=O) groups is 2. The molecular formula is C15H20N2O3. The Morgan fingerprint density at radius 1 is 1.30 bits per heavy atom. The Bertz CT molecular complexity index is 482. The van der Waals surface area contributed by atoms with E-state index >= 15 is 0 Å². The molecule has 0 aliphatic rings. The molecular weight excluding hydrogens is 256 g/mol. The Kier molecular flexibility index (Phi) is 5.77. The summed E-state index contributed by atoms with van der Waals surface area (Å²) in [5, 5.41) is 14.1. The van der Waals surface area contributed by atoms with Crippen molar-refractivity contribution < 1.29 is 14.7 Å². The van der Waals surface area contributed by atoms with Gasteiger partial charge in [-0.15, -0.1) is 6.58 Å². The van der Waals surface area contributed by atoms with Crippen LogP contribution in [0, 0.1) is 0 Å². The summed E-state index contributed by atoms with van der Waals surface area (Å²) in [5.41, 5.74) is 1.59. The molecule has 0 aliphatic heterocycles. The fourth-order valence-corrected chi connectivity index (χ4v) is 1.71. The summed E-state index contributed by atoms with van der Waals surface area (Å²) in [6, 6.07) is 6.74. The molecule has 0 aromatic heterocycles. The molecule has 0 saturated heterocycles. The van der Waals surface area contributed by atoms with E-state index in [9.17, 15) is 9.59 Å². The van der Waals surface area contributed by atoms with E-state index in [0.717, 1.165) is 5.56 Å². The van der Waals surface area contributed by atoms with Gasteiger partial charge in [0.1, 0.15) is 0 Å². The maximum atomic E-state index is 11.6. The summed E-state index contributed by atoms with van der Waals surface area (Å²) in [4.78, 5) is 22.3. The van der Waals surface area contributed by atoms with Crippen LogP contribution in [0.2, 0.25) is 0 Å². The van der Waals surface area contributed by atoms with Gasteiger partial charge in [-0.2, -0.15) is 0 Å². The largest absolute Gasteiger partial charge is 0.481 e. The lowest BCUT2D eigenvalue weighted by Crippen LogP contribution is -2.34. The summed E-state index contributed by atoms with van der Waals surface area (Å²) in [5.74, 6) is -0.881. The Hall–Kier alpha value is -2.30. The Morgan fingerprint density at radius 3 is 2.40 bits per heavy atom. The van der Waals surface area contributed by atoms with Gasteiger partial charge in [0.05, 0.1) is 6.42 Å². The maximum Gasteiger partial charge on any atom is 0.319 e. The molecule has 1 aromatic carbocycles. The van der Waals surface area contributed by atoms with Crippen molar-refractivity contribution in [1.29, 1.82) is 0 Å². The number of benzene rings is 1. The zero-order chi connectivity index (χ0) is 15.1. The van der Waals surface area contributed by atoms with Crippen LogP contribution in [0.3, 0.4) is 0 Å². The minimum atomic E-state index is -0.822. The van der Waals surface area contributed by atoms with Crippen molar-refractivity contribution in [3.8, 4) is 0 Å². The molecule has 20 heavy (non-hydrogen) atoms. The lowest BCUT2D eigenvalue weighted by molar-refractivity contribution is -0.137. The molecule has 108 valence electrons. The highest BCUT2D eigenvalue weighted by Crippen LogP contribution is 2.20. The quantitative estimate of drug-likeness (QED) is 0.699. The number of carboxylic acids is 1. The molecule has 0 aliphatic carbocycles. The number of carboxylic acid groups (broad SMARTS) is 1. The van der Waals surface area contributed by atoms with Crippen LogP contribution in [0.4, 0.5) is 10.5 Å². The number of urea groups is 1. The normalized spacial score (nSPS) is 13.1. The highest BCUT2D eigenvalue weighted by atomic mass is 16.4. The number of aliphatic carboxylic acids is 1. The fraction of sp³-hybridized carbons (Fsp3) is 0.333. The summed E-state index contributed by atoms with van der Waals surface area (Å²) in [6.07, 6.45) is 1.72. The number of amides is 2. The second kappa shape index (κ2) is 7.33. The van der Waals surface area contributed by atoms with E-state index in [0.29, 0.717) is 5.69 Å². The van der Waals surface area contributed by atoms with E-state index in [4.69, 9.17) is 5.11 Å². The standard InChI is InChI=1S/C15H20N2O3/c1-4-11(3)16-15(20)17-13-7-5-12(6-8-13)10(2)9-14(18)19/h4-8,10-11H,1,9H2,2-3H3,(H,18,19)(H2,16,17,20). The number of nitrogens with one attached hydrogen (secondary N) is 2. The minimum absolute atomic E-state index is 0.0591. The molecule has 2 atom stereocenters. The van der Waals surface area contributed by atoms with Crippen LogP contribution in [0.5, 0.6) is 0 Å². The van der Waals surface area contributed by atoms with Gasteiger partial charge in [0.15, 0.2) is 0 Å². The molecule has 3 N–H and O–H groups in total. The second-order valence-corrected chi connectivity index (χ2v) is 4.74. The van der Waals surface area contributed by atoms with Gasteiger partial charge in [0, 0.05) is 11.7 Å². The average molecular weight is 276 g/mol. The second-order valence-electron chi connectivity index (χ2n) is 4.74. The first-order valence-electron chi connectivity index (χ1n) is 6.44. The van der Waals surface area contributed by atoms with E-state index in [-0.39, 0.29) is 24.4 Å². The molecule has 0 radical (unpaired) electrons. The van der Waals surface area contributed by atoms with Crippen molar-refractivity contribution >= 4 is 17.7 Å². The highest BCUT2D eigenvalue weighted by Gasteiger charge is 2.10. The van der Waals surface area contributed by atoms with E-state index in [1.54, 1.807) is 18.2 Å². The molecule has 0 fully saturated rings. The Balaban J connectivity index is 2.60. The molecule has 1 rings (SSSR count). The van der Waals surface area contributed by atoms with Gasteiger partial charge >= 0.3 is 12.0 Å². The van der Waals surface area contributed by atoms with E-state index in [1.807, 2.05) is 26.0 Å². The predicted octanol–water partition coefficient (Wildman–Crippen LogP) is 2.96. The van der Waals surface area contributed by atoms with Crippen LogP contribution in [-0.2, 0) is 4.79 Å². The lowest BCUT2D eigenvalue weighted by atomic mass is 9.98. The number of rotatable bonds is 6. The van der Waals surface area contributed by atoms with Crippen molar-refractivity contribution in [2.45, 2.75) is 32.2 Å². The van der Waals surface area contributed by atoms with Crippen LogP contribution < -0.4 is 10.6 Å². The third kappa shape index (κ3) is 5.14. The number of anilines is 1. The number of hydrogen-bond acceptors (Lipinski definition) is 2. The average Bonchev–Trinajstić information content (AvgIpc) is 2.38. The van der Waals surface area contributed by atoms with E-state index in [2.05, 4.69) is 17.2 Å². The van der Waals surface area contributed by atoms with Crippen LogP contribution in [-0.4, -0.2) is 23.1 Å². The zero-order valence-electron chi connectivity index (χ0n) is 11.7. The van der Waals surface area contributed by atoms with Crippen LogP contribution in [0.25, 0.3) is 0 Å². The van der Waals surface area contributed by atoms with Gasteiger partial charge in [-0.05, 0) is 30.5 Å². The minimum Gasteiger partial charge on any atom is -0.481 e. The predicted molar refractivity (Wildman–Crippen MR) is 78.9 cm³/mol. The van der Waals surface area contributed by atoms with Crippen molar-refractivity contribution in [1.82, 2.24) is 5.32 Å². The molecule has 0 spiro atoms. The zero-order valence-corrected chi connectivity index (χ0v) is 11.7. The van der Waals surface area contributed by atoms with Gasteiger partial charge in [0.2, 0.25) is 0 Å².